The minimum atomic E-state index is -1.13. The minimum absolute atomic E-state index is 0.0698. The molecule has 1 amide bonds. The number of carbonyl (C=O) groups excluding carboxylic acids is 3. The Morgan fingerprint density at radius 3 is 2.00 bits per heavy atom. The highest BCUT2D eigenvalue weighted by Crippen LogP contribution is 2.12. The topological polar surface area (TPSA) is 82.1 Å². The van der Waals surface area contributed by atoms with Gasteiger partial charge in [-0.15, -0.1) is 0 Å². The fourth-order valence-electron chi connectivity index (χ4n) is 2.62. The second-order valence-electron chi connectivity index (χ2n) is 8.10. The molecule has 0 aliphatic heterocycles. The molecule has 7 heteroatoms. The van der Waals surface area contributed by atoms with Gasteiger partial charge in [0.05, 0.1) is 0 Å². The normalized spacial score (nSPS) is 11.9. The van der Waals surface area contributed by atoms with Crippen LogP contribution < -0.4 is 0 Å². The Morgan fingerprint density at radius 1 is 0.903 bits per heavy atom. The van der Waals surface area contributed by atoms with E-state index in [2.05, 4.69) is 0 Å². The van der Waals surface area contributed by atoms with Crippen LogP contribution >= 0.6 is 0 Å². The molecule has 7 nitrogen and oxygen atoms in total. The number of hydrogen-bond acceptors (Lipinski definition) is 6. The lowest BCUT2D eigenvalue weighted by Crippen LogP contribution is -2.40. The Bertz CT molecular complexity index is 861. The number of esters is 2. The highest BCUT2D eigenvalue weighted by atomic mass is 16.6. The molecular weight excluding hydrogens is 398 g/mol. The fraction of sp³-hybridized carbons (Fsp3) is 0.375. The summed E-state index contributed by atoms with van der Waals surface area (Å²) in [6.07, 6.45) is -1.63. The van der Waals surface area contributed by atoms with Crippen LogP contribution in [-0.2, 0) is 36.8 Å². The van der Waals surface area contributed by atoms with Crippen molar-refractivity contribution in [1.29, 1.82) is 0 Å². The molecule has 0 spiro atoms. The van der Waals surface area contributed by atoms with Crippen molar-refractivity contribution in [2.75, 3.05) is 13.6 Å². The van der Waals surface area contributed by atoms with Gasteiger partial charge < -0.3 is 19.1 Å². The SMILES string of the molecule is CN(CC(=O)O[C@H](Cc1ccccc1)C(=O)OCc1ccccc1)C(=O)OC(C)(C)C. The van der Waals surface area contributed by atoms with E-state index in [-0.39, 0.29) is 19.6 Å². The monoisotopic (exact) mass is 427 g/mol. The van der Waals surface area contributed by atoms with Crippen LogP contribution in [0, 0.1) is 0 Å². The van der Waals surface area contributed by atoms with E-state index in [1.165, 1.54) is 7.05 Å². The van der Waals surface area contributed by atoms with Gasteiger partial charge in [0.15, 0.2) is 0 Å². The molecule has 2 aromatic carbocycles. The molecule has 0 saturated carbocycles. The molecule has 0 heterocycles. The number of amides is 1. The Hall–Kier alpha value is -3.35. The van der Waals surface area contributed by atoms with E-state index in [1.807, 2.05) is 60.7 Å². The first-order valence-corrected chi connectivity index (χ1v) is 10.0. The van der Waals surface area contributed by atoms with Gasteiger partial charge in [-0.2, -0.15) is 0 Å². The molecule has 0 fully saturated rings. The quantitative estimate of drug-likeness (QED) is 0.471. The van der Waals surface area contributed by atoms with Gasteiger partial charge in [-0.3, -0.25) is 4.79 Å². The molecule has 0 radical (unpaired) electrons. The molecule has 2 aromatic rings. The maximum atomic E-state index is 12.7. The third-order valence-electron chi connectivity index (χ3n) is 4.10. The molecular formula is C24H29NO6. The molecule has 0 aliphatic carbocycles. The molecule has 0 bridgehead atoms. The summed E-state index contributed by atoms with van der Waals surface area (Å²) in [6, 6.07) is 18.4. The summed E-state index contributed by atoms with van der Waals surface area (Å²) < 4.78 is 16.0. The summed E-state index contributed by atoms with van der Waals surface area (Å²) in [6.45, 7) is 4.91. The molecule has 0 N–H and O–H groups in total. The van der Waals surface area contributed by atoms with E-state index in [0.717, 1.165) is 16.0 Å². The summed E-state index contributed by atoms with van der Waals surface area (Å²) in [5, 5.41) is 0. The van der Waals surface area contributed by atoms with Crippen LogP contribution in [0.4, 0.5) is 4.79 Å². The zero-order valence-corrected chi connectivity index (χ0v) is 18.4. The van der Waals surface area contributed by atoms with Crippen molar-refractivity contribution in [1.82, 2.24) is 4.90 Å². The highest BCUT2D eigenvalue weighted by Gasteiger charge is 2.27. The lowest BCUT2D eigenvalue weighted by molar-refractivity contribution is -0.169. The lowest BCUT2D eigenvalue weighted by atomic mass is 10.1. The van der Waals surface area contributed by atoms with Gasteiger partial charge in [0, 0.05) is 13.5 Å². The number of benzene rings is 2. The summed E-state index contributed by atoms with van der Waals surface area (Å²) >= 11 is 0. The van der Waals surface area contributed by atoms with Crippen LogP contribution in [0.15, 0.2) is 60.7 Å². The summed E-state index contributed by atoms with van der Waals surface area (Å²) in [5.41, 5.74) is 0.953. The molecule has 0 aromatic heterocycles. The van der Waals surface area contributed by atoms with Crippen LogP contribution in [0.5, 0.6) is 0 Å². The van der Waals surface area contributed by atoms with Crippen molar-refractivity contribution in [3.05, 3.63) is 71.8 Å². The van der Waals surface area contributed by atoms with Crippen molar-refractivity contribution < 1.29 is 28.6 Å². The van der Waals surface area contributed by atoms with E-state index in [9.17, 15) is 14.4 Å². The minimum Gasteiger partial charge on any atom is -0.458 e. The van der Waals surface area contributed by atoms with Crippen LogP contribution in [0.1, 0.15) is 31.9 Å². The number of carbonyl (C=O) groups is 3. The van der Waals surface area contributed by atoms with Crippen molar-refractivity contribution in [3.63, 3.8) is 0 Å². The first kappa shape index (κ1) is 23.9. The summed E-state index contributed by atoms with van der Waals surface area (Å²) in [7, 11) is 1.43. The van der Waals surface area contributed by atoms with Gasteiger partial charge in [-0.1, -0.05) is 60.7 Å². The molecule has 0 unspecified atom stereocenters. The fourth-order valence-corrected chi connectivity index (χ4v) is 2.62. The molecule has 0 aliphatic rings. The second-order valence-corrected chi connectivity index (χ2v) is 8.10. The second kappa shape index (κ2) is 11.2. The predicted molar refractivity (Wildman–Crippen MR) is 115 cm³/mol. The standard InChI is InChI=1S/C24H29NO6/c1-24(2,3)31-23(28)25(4)16-21(26)30-20(15-18-11-7-5-8-12-18)22(27)29-17-19-13-9-6-10-14-19/h5-14,20H,15-17H2,1-4H3/t20-/m1/s1. The van der Waals surface area contributed by atoms with Gasteiger partial charge in [0.1, 0.15) is 18.8 Å². The molecule has 2 rings (SSSR count). The van der Waals surface area contributed by atoms with Crippen molar-refractivity contribution in [2.45, 2.75) is 45.5 Å². The average Bonchev–Trinajstić information content (AvgIpc) is 2.71. The number of nitrogens with zero attached hydrogens (tertiary/aromatic N) is 1. The van der Waals surface area contributed by atoms with Crippen LogP contribution in [-0.4, -0.2) is 48.2 Å². The number of ether oxygens (including phenoxy) is 3. The maximum absolute atomic E-state index is 12.7. The Kier molecular flexibility index (Phi) is 8.61. The first-order chi connectivity index (χ1) is 14.6. The van der Waals surface area contributed by atoms with Gasteiger partial charge in [-0.25, -0.2) is 9.59 Å². The summed E-state index contributed by atoms with van der Waals surface area (Å²) in [5.74, 6) is -1.38. The molecule has 31 heavy (non-hydrogen) atoms. The molecule has 1 atom stereocenters. The smallest absolute Gasteiger partial charge is 0.410 e. The molecule has 0 saturated heterocycles. The Morgan fingerprint density at radius 2 is 1.45 bits per heavy atom. The lowest BCUT2D eigenvalue weighted by Gasteiger charge is -2.24. The van der Waals surface area contributed by atoms with Crippen LogP contribution in [0.2, 0.25) is 0 Å². The predicted octanol–water partition coefficient (Wildman–Crippen LogP) is 3.75. The van der Waals surface area contributed by atoms with Gasteiger partial charge in [0.2, 0.25) is 6.10 Å². The van der Waals surface area contributed by atoms with E-state index in [0.29, 0.717) is 0 Å². The Labute approximate surface area is 182 Å². The van der Waals surface area contributed by atoms with Crippen molar-refractivity contribution in [2.24, 2.45) is 0 Å². The third kappa shape index (κ3) is 8.90. The van der Waals surface area contributed by atoms with E-state index >= 15 is 0 Å². The maximum Gasteiger partial charge on any atom is 0.410 e. The van der Waals surface area contributed by atoms with Crippen molar-refractivity contribution in [3.8, 4) is 0 Å². The van der Waals surface area contributed by atoms with E-state index in [1.54, 1.807) is 20.8 Å². The average molecular weight is 427 g/mol. The third-order valence-corrected chi connectivity index (χ3v) is 4.10. The largest absolute Gasteiger partial charge is 0.458 e. The highest BCUT2D eigenvalue weighted by molar-refractivity contribution is 5.82. The van der Waals surface area contributed by atoms with Crippen molar-refractivity contribution >= 4 is 18.0 Å². The van der Waals surface area contributed by atoms with E-state index in [4.69, 9.17) is 14.2 Å². The van der Waals surface area contributed by atoms with Crippen LogP contribution in [0.25, 0.3) is 0 Å². The van der Waals surface area contributed by atoms with Crippen LogP contribution in [0.3, 0.4) is 0 Å². The zero-order valence-electron chi connectivity index (χ0n) is 18.4. The van der Waals surface area contributed by atoms with E-state index < -0.39 is 29.7 Å². The zero-order chi connectivity index (χ0) is 22.9. The summed E-state index contributed by atoms with van der Waals surface area (Å²) in [4.78, 5) is 38.3. The molecule has 166 valence electrons. The van der Waals surface area contributed by atoms with Gasteiger partial charge in [-0.05, 0) is 31.9 Å². The van der Waals surface area contributed by atoms with Gasteiger partial charge in [0.25, 0.3) is 0 Å². The van der Waals surface area contributed by atoms with Gasteiger partial charge >= 0.3 is 18.0 Å². The Balaban J connectivity index is 2.01. The number of rotatable bonds is 8. The number of hydrogen-bond donors (Lipinski definition) is 0. The number of likely N-dealkylation sites (N-methyl/N-ethyl adjacent to an activating group) is 1. The first-order valence-electron chi connectivity index (χ1n) is 10.0.